The van der Waals surface area contributed by atoms with Crippen molar-refractivity contribution in [2.24, 2.45) is 5.92 Å². The van der Waals surface area contributed by atoms with Gasteiger partial charge < -0.3 is 5.32 Å². The van der Waals surface area contributed by atoms with E-state index < -0.39 is 10.0 Å². The summed E-state index contributed by atoms with van der Waals surface area (Å²) >= 11 is 1.22. The van der Waals surface area contributed by atoms with Crippen LogP contribution in [0.1, 0.15) is 17.0 Å². The van der Waals surface area contributed by atoms with Gasteiger partial charge in [0, 0.05) is 24.4 Å². The molecular weight excluding hydrogens is 398 g/mol. The number of fused-ring (bicyclic) bond motifs is 1. The second-order valence-corrected chi connectivity index (χ2v) is 9.73. The number of carbonyl (C=O) groups excluding carboxylic acids is 1. The van der Waals surface area contributed by atoms with Gasteiger partial charge in [-0.05, 0) is 25.1 Å². The molecule has 1 aromatic heterocycles. The van der Waals surface area contributed by atoms with Gasteiger partial charge >= 0.3 is 0 Å². The highest BCUT2D eigenvalue weighted by atomic mass is 32.2. The predicted octanol–water partition coefficient (Wildman–Crippen LogP) is 1.31. The molecule has 1 saturated heterocycles. The molecule has 0 aliphatic carbocycles. The number of hydrogen-bond acceptors (Lipinski definition) is 7. The minimum atomic E-state index is -3.59. The molecule has 146 valence electrons. The molecule has 2 aromatic rings. The average molecular weight is 418 g/mol. The fourth-order valence-corrected chi connectivity index (χ4v) is 6.03. The Hall–Kier alpha value is -2.32. The van der Waals surface area contributed by atoms with Crippen LogP contribution in [0.2, 0.25) is 0 Å². The lowest BCUT2D eigenvalue weighted by Gasteiger charge is -2.25. The van der Waals surface area contributed by atoms with E-state index >= 15 is 0 Å². The van der Waals surface area contributed by atoms with E-state index in [-0.39, 0.29) is 23.3 Å². The Balaban J connectivity index is 1.57. The number of carbonyl (C=O) groups is 1. The van der Waals surface area contributed by atoms with Crippen LogP contribution in [0.5, 0.6) is 0 Å². The van der Waals surface area contributed by atoms with E-state index in [1.165, 1.54) is 15.6 Å². The van der Waals surface area contributed by atoms with Gasteiger partial charge in [-0.2, -0.15) is 14.5 Å². The molecule has 2 aliphatic rings. The van der Waals surface area contributed by atoms with Crippen molar-refractivity contribution < 1.29 is 13.2 Å². The third-order valence-electron chi connectivity index (χ3n) is 4.99. The molecule has 1 amide bonds. The first kappa shape index (κ1) is 19.0. The van der Waals surface area contributed by atoms with E-state index in [9.17, 15) is 18.5 Å². The van der Waals surface area contributed by atoms with E-state index in [1.54, 1.807) is 30.3 Å². The highest BCUT2D eigenvalue weighted by Gasteiger charge is 2.34. The number of hydrogen-bond donors (Lipinski definition) is 1. The predicted molar refractivity (Wildman–Crippen MR) is 104 cm³/mol. The first-order valence-electron chi connectivity index (χ1n) is 8.99. The molecule has 1 N–H and O–H groups in total. The van der Waals surface area contributed by atoms with Crippen LogP contribution in [0, 0.1) is 17.4 Å². The van der Waals surface area contributed by atoms with Gasteiger partial charge in [0.2, 0.25) is 21.1 Å². The number of sulfonamides is 1. The number of nitrogens with zero attached hydrogens (tertiary/aromatic N) is 4. The summed E-state index contributed by atoms with van der Waals surface area (Å²) in [4.78, 5) is 19.2. The number of aromatic nitrogens is 1. The van der Waals surface area contributed by atoms with Gasteiger partial charge in [0.15, 0.2) is 6.19 Å². The Morgan fingerprint density at radius 1 is 1.36 bits per heavy atom. The molecule has 4 rings (SSSR count). The van der Waals surface area contributed by atoms with Crippen LogP contribution in [0.4, 0.5) is 5.13 Å². The number of anilines is 1. The smallest absolute Gasteiger partial charge is 0.246 e. The Kier molecular flexibility index (Phi) is 5.16. The first-order valence-corrected chi connectivity index (χ1v) is 11.2. The Morgan fingerprint density at radius 3 is 2.82 bits per heavy atom. The van der Waals surface area contributed by atoms with Crippen molar-refractivity contribution in [3.63, 3.8) is 0 Å². The molecule has 8 nitrogen and oxygen atoms in total. The van der Waals surface area contributed by atoms with Crippen LogP contribution < -0.4 is 10.2 Å². The highest BCUT2D eigenvalue weighted by Crippen LogP contribution is 2.33. The van der Waals surface area contributed by atoms with Gasteiger partial charge in [-0.15, -0.1) is 0 Å². The van der Waals surface area contributed by atoms with E-state index in [1.807, 2.05) is 6.19 Å². The molecule has 0 radical (unpaired) electrons. The summed E-state index contributed by atoms with van der Waals surface area (Å²) in [6.45, 7) is 1.84. The summed E-state index contributed by atoms with van der Waals surface area (Å²) in [5, 5.41) is 12.9. The number of rotatable bonds is 4. The van der Waals surface area contributed by atoms with Gasteiger partial charge in [0.1, 0.15) is 0 Å². The Bertz CT molecular complexity index is 1020. The third kappa shape index (κ3) is 3.42. The molecule has 2 aliphatic heterocycles. The summed E-state index contributed by atoms with van der Waals surface area (Å²) in [5.41, 5.74) is 0.761. The number of benzene rings is 1. The molecule has 0 unspecified atom stereocenters. The number of nitrogens with one attached hydrogen (secondary N) is 1. The van der Waals surface area contributed by atoms with Crippen LogP contribution in [0.15, 0.2) is 35.2 Å². The van der Waals surface area contributed by atoms with Gasteiger partial charge in [0.25, 0.3) is 0 Å². The molecular formula is C18H19N5O3S2. The minimum Gasteiger partial charge on any atom is -0.316 e. The van der Waals surface area contributed by atoms with Crippen LogP contribution in [-0.4, -0.2) is 43.2 Å². The van der Waals surface area contributed by atoms with Gasteiger partial charge in [-0.1, -0.05) is 29.5 Å². The molecule has 1 atom stereocenters. The second-order valence-electron chi connectivity index (χ2n) is 6.73. The van der Waals surface area contributed by atoms with Crippen LogP contribution in [0.25, 0.3) is 0 Å². The third-order valence-corrected chi connectivity index (χ3v) is 7.91. The van der Waals surface area contributed by atoms with Crippen molar-refractivity contribution in [1.29, 1.82) is 5.26 Å². The van der Waals surface area contributed by atoms with Gasteiger partial charge in [-0.25, -0.2) is 13.4 Å². The first-order chi connectivity index (χ1) is 13.5. The topological polar surface area (TPSA) is 106 Å². The molecule has 0 bridgehead atoms. The Morgan fingerprint density at radius 2 is 2.14 bits per heavy atom. The largest absolute Gasteiger partial charge is 0.316 e. The molecule has 1 fully saturated rings. The van der Waals surface area contributed by atoms with Crippen LogP contribution >= 0.6 is 11.3 Å². The maximum absolute atomic E-state index is 12.9. The van der Waals surface area contributed by atoms with Crippen molar-refractivity contribution in [1.82, 2.24) is 14.6 Å². The fourth-order valence-electron chi connectivity index (χ4n) is 3.44. The zero-order chi connectivity index (χ0) is 19.7. The van der Waals surface area contributed by atoms with Crippen molar-refractivity contribution in [3.8, 4) is 6.19 Å². The summed E-state index contributed by atoms with van der Waals surface area (Å²) in [7, 11) is -3.59. The lowest BCUT2D eigenvalue weighted by atomic mass is 10.1. The molecule has 3 heterocycles. The summed E-state index contributed by atoms with van der Waals surface area (Å²) in [5.74, 6) is -0.483. The van der Waals surface area contributed by atoms with Crippen LogP contribution in [0.3, 0.4) is 0 Å². The summed E-state index contributed by atoms with van der Waals surface area (Å²) in [6.07, 6.45) is 3.10. The van der Waals surface area contributed by atoms with Gasteiger partial charge in [-0.3, -0.25) is 4.79 Å². The maximum Gasteiger partial charge on any atom is 0.246 e. The monoisotopic (exact) mass is 417 g/mol. The standard InChI is InChI=1S/C18H19N5O3S2/c19-12-23(17(24)13-6-8-20-10-13)18-21-15-7-9-22(11-16(15)27-18)28(25,26)14-4-2-1-3-5-14/h1-5,13,20H,6-11H2/t13-/m0/s1. The van der Waals surface area contributed by atoms with Crippen molar-refractivity contribution >= 4 is 32.4 Å². The average Bonchev–Trinajstić information content (AvgIpc) is 3.38. The lowest BCUT2D eigenvalue weighted by molar-refractivity contribution is -0.121. The van der Waals surface area contributed by atoms with Crippen molar-refractivity contribution in [3.05, 3.63) is 40.9 Å². The second kappa shape index (κ2) is 7.60. The van der Waals surface area contributed by atoms with E-state index in [4.69, 9.17) is 0 Å². The molecule has 28 heavy (non-hydrogen) atoms. The number of nitriles is 1. The van der Waals surface area contributed by atoms with E-state index in [0.29, 0.717) is 31.1 Å². The SMILES string of the molecule is N#CN(C(=O)[C@H]1CCNC1)c1nc2c(s1)CN(S(=O)(=O)c1ccccc1)CC2. The number of thiazole rings is 1. The van der Waals surface area contributed by atoms with E-state index in [0.717, 1.165) is 22.0 Å². The zero-order valence-corrected chi connectivity index (χ0v) is 16.7. The quantitative estimate of drug-likeness (QED) is 0.594. The lowest BCUT2D eigenvalue weighted by Crippen LogP contribution is -2.35. The van der Waals surface area contributed by atoms with E-state index in [2.05, 4.69) is 10.3 Å². The van der Waals surface area contributed by atoms with Crippen molar-refractivity contribution in [2.45, 2.75) is 24.3 Å². The molecule has 10 heteroatoms. The maximum atomic E-state index is 12.9. The molecule has 0 spiro atoms. The van der Waals surface area contributed by atoms with Crippen LogP contribution in [-0.2, 0) is 27.8 Å². The number of amides is 1. The van der Waals surface area contributed by atoms with Crippen molar-refractivity contribution in [2.75, 3.05) is 24.5 Å². The normalized spacial score (nSPS) is 19.8. The van der Waals surface area contributed by atoms with Gasteiger partial charge in [0.05, 0.1) is 23.1 Å². The zero-order valence-electron chi connectivity index (χ0n) is 15.0. The Labute approximate surface area is 167 Å². The summed E-state index contributed by atoms with van der Waals surface area (Å²) < 4.78 is 27.1. The highest BCUT2D eigenvalue weighted by molar-refractivity contribution is 7.89. The summed E-state index contributed by atoms with van der Waals surface area (Å²) in [6, 6.07) is 8.32. The minimum absolute atomic E-state index is 0.197. The fraction of sp³-hybridized carbons (Fsp3) is 0.389. The molecule has 0 saturated carbocycles. The molecule has 1 aromatic carbocycles.